The summed E-state index contributed by atoms with van der Waals surface area (Å²) in [6.45, 7) is 11.6. The number of nitrogens with zero attached hydrogens (tertiary/aromatic N) is 3. The monoisotopic (exact) mass is 224 g/mol. The molecule has 1 heterocycles. The van der Waals surface area contributed by atoms with Gasteiger partial charge in [0.15, 0.2) is 5.82 Å². The van der Waals surface area contributed by atoms with Gasteiger partial charge in [-0.25, -0.2) is 9.67 Å². The molecule has 0 aliphatic heterocycles. The highest BCUT2D eigenvalue weighted by atomic mass is 15.3. The summed E-state index contributed by atoms with van der Waals surface area (Å²) in [5.41, 5.74) is 0. The van der Waals surface area contributed by atoms with Crippen molar-refractivity contribution < 1.29 is 0 Å². The molecule has 0 amide bonds. The average molecular weight is 224 g/mol. The third-order valence-corrected chi connectivity index (χ3v) is 2.65. The Hall–Kier alpha value is -0.900. The van der Waals surface area contributed by atoms with Crippen LogP contribution in [0.25, 0.3) is 0 Å². The summed E-state index contributed by atoms with van der Waals surface area (Å²) in [6, 6.07) is 0. The van der Waals surface area contributed by atoms with Gasteiger partial charge in [-0.1, -0.05) is 27.7 Å². The molecule has 92 valence electrons. The summed E-state index contributed by atoms with van der Waals surface area (Å²) in [5, 5.41) is 7.89. The molecule has 0 saturated heterocycles. The lowest BCUT2D eigenvalue weighted by Gasteiger charge is -2.12. The lowest BCUT2D eigenvalue weighted by Crippen LogP contribution is -2.24. The van der Waals surface area contributed by atoms with Crippen LogP contribution in [0, 0.1) is 5.92 Å². The van der Waals surface area contributed by atoms with Gasteiger partial charge in [0, 0.05) is 19.4 Å². The number of hydrogen-bond donors (Lipinski definition) is 1. The van der Waals surface area contributed by atoms with Crippen molar-refractivity contribution in [1.29, 1.82) is 0 Å². The van der Waals surface area contributed by atoms with Gasteiger partial charge in [-0.15, -0.1) is 0 Å². The van der Waals surface area contributed by atoms with Crippen molar-refractivity contribution in [3.05, 3.63) is 11.6 Å². The Morgan fingerprint density at radius 1 is 1.25 bits per heavy atom. The van der Waals surface area contributed by atoms with Crippen LogP contribution < -0.4 is 5.32 Å². The molecule has 0 bridgehead atoms. The van der Waals surface area contributed by atoms with Crippen molar-refractivity contribution >= 4 is 0 Å². The minimum Gasteiger partial charge on any atom is -0.317 e. The Labute approximate surface area is 98.5 Å². The fraction of sp³-hybridized carbons (Fsp3) is 0.833. The molecule has 1 aromatic rings. The molecule has 1 rings (SSSR count). The maximum atomic E-state index is 4.53. The van der Waals surface area contributed by atoms with Crippen LogP contribution in [-0.4, -0.2) is 27.9 Å². The van der Waals surface area contributed by atoms with Gasteiger partial charge < -0.3 is 5.32 Å². The number of rotatable bonds is 7. The van der Waals surface area contributed by atoms with Crippen LogP contribution in [0.15, 0.2) is 0 Å². The van der Waals surface area contributed by atoms with E-state index in [2.05, 4.69) is 47.8 Å². The Morgan fingerprint density at radius 3 is 2.56 bits per heavy atom. The summed E-state index contributed by atoms with van der Waals surface area (Å²) < 4.78 is 2.07. The maximum absolute atomic E-state index is 4.53. The molecule has 16 heavy (non-hydrogen) atoms. The number of aryl methyl sites for hydroxylation is 2. The molecular weight excluding hydrogens is 200 g/mol. The van der Waals surface area contributed by atoms with Crippen molar-refractivity contribution in [3.63, 3.8) is 0 Å². The number of hydrogen-bond acceptors (Lipinski definition) is 3. The van der Waals surface area contributed by atoms with E-state index in [1.165, 1.54) is 0 Å². The standard InChI is InChI=1S/C12H24N4/c1-5-11-14-12(6-2)16(15-11)9-10(4)8-13-7-3/h10,13H,5-9H2,1-4H3. The van der Waals surface area contributed by atoms with Crippen molar-refractivity contribution in [2.45, 2.75) is 47.1 Å². The van der Waals surface area contributed by atoms with Crippen LogP contribution in [0.2, 0.25) is 0 Å². The van der Waals surface area contributed by atoms with Crippen molar-refractivity contribution in [2.75, 3.05) is 13.1 Å². The molecule has 0 radical (unpaired) electrons. The normalized spacial score (nSPS) is 13.0. The summed E-state index contributed by atoms with van der Waals surface area (Å²) in [5.74, 6) is 2.67. The smallest absolute Gasteiger partial charge is 0.150 e. The first-order valence-electron chi connectivity index (χ1n) is 6.34. The minimum atomic E-state index is 0.594. The molecule has 0 saturated carbocycles. The molecule has 1 atom stereocenters. The van der Waals surface area contributed by atoms with Gasteiger partial charge >= 0.3 is 0 Å². The fourth-order valence-corrected chi connectivity index (χ4v) is 1.73. The predicted octanol–water partition coefficient (Wildman–Crippen LogP) is 1.65. The molecule has 0 aliphatic rings. The molecule has 4 heteroatoms. The van der Waals surface area contributed by atoms with Crippen LogP contribution in [0.3, 0.4) is 0 Å². The molecule has 1 unspecified atom stereocenters. The highest BCUT2D eigenvalue weighted by Gasteiger charge is 2.10. The minimum absolute atomic E-state index is 0.594. The molecule has 1 aromatic heterocycles. The highest BCUT2D eigenvalue weighted by Crippen LogP contribution is 2.05. The molecule has 0 spiro atoms. The van der Waals surface area contributed by atoms with Crippen molar-refractivity contribution in [2.24, 2.45) is 5.92 Å². The second kappa shape index (κ2) is 6.63. The zero-order chi connectivity index (χ0) is 12.0. The maximum Gasteiger partial charge on any atom is 0.150 e. The van der Waals surface area contributed by atoms with E-state index in [0.717, 1.165) is 44.1 Å². The first-order valence-corrected chi connectivity index (χ1v) is 6.34. The van der Waals surface area contributed by atoms with Crippen LogP contribution >= 0.6 is 0 Å². The molecule has 0 aromatic carbocycles. The van der Waals surface area contributed by atoms with E-state index in [1.807, 2.05) is 0 Å². The Bertz CT molecular complexity index is 306. The summed E-state index contributed by atoms with van der Waals surface area (Å²) in [7, 11) is 0. The zero-order valence-electron chi connectivity index (χ0n) is 11.0. The molecule has 4 nitrogen and oxygen atoms in total. The van der Waals surface area contributed by atoms with Gasteiger partial charge in [0.05, 0.1) is 0 Å². The molecule has 1 N–H and O–H groups in total. The van der Waals surface area contributed by atoms with Gasteiger partial charge in [-0.3, -0.25) is 0 Å². The van der Waals surface area contributed by atoms with E-state index in [0.29, 0.717) is 5.92 Å². The highest BCUT2D eigenvalue weighted by molar-refractivity contribution is 4.92. The summed E-state index contributed by atoms with van der Waals surface area (Å²) >= 11 is 0. The van der Waals surface area contributed by atoms with Crippen LogP contribution in [-0.2, 0) is 19.4 Å². The van der Waals surface area contributed by atoms with E-state index < -0.39 is 0 Å². The third-order valence-electron chi connectivity index (χ3n) is 2.65. The molecular formula is C12H24N4. The molecule has 0 aliphatic carbocycles. The molecule has 0 fully saturated rings. The fourth-order valence-electron chi connectivity index (χ4n) is 1.73. The third kappa shape index (κ3) is 3.59. The van der Waals surface area contributed by atoms with E-state index in [-0.39, 0.29) is 0 Å². The Morgan fingerprint density at radius 2 is 2.00 bits per heavy atom. The largest absolute Gasteiger partial charge is 0.317 e. The first-order chi connectivity index (χ1) is 7.71. The SMILES string of the molecule is CCNCC(C)Cn1nc(CC)nc1CC. The number of aromatic nitrogens is 3. The van der Waals surface area contributed by atoms with Gasteiger partial charge in [-0.05, 0) is 19.0 Å². The van der Waals surface area contributed by atoms with E-state index in [4.69, 9.17) is 0 Å². The zero-order valence-corrected chi connectivity index (χ0v) is 11.0. The Kier molecular flexibility index (Phi) is 5.46. The average Bonchev–Trinajstić information content (AvgIpc) is 2.68. The summed E-state index contributed by atoms with van der Waals surface area (Å²) in [6.07, 6.45) is 1.88. The van der Waals surface area contributed by atoms with Gasteiger partial charge in [0.25, 0.3) is 0 Å². The van der Waals surface area contributed by atoms with Crippen LogP contribution in [0.4, 0.5) is 0 Å². The predicted molar refractivity (Wildman–Crippen MR) is 66.5 cm³/mol. The quantitative estimate of drug-likeness (QED) is 0.766. The Balaban J connectivity index is 2.60. The van der Waals surface area contributed by atoms with Crippen LogP contribution in [0.1, 0.15) is 39.3 Å². The topological polar surface area (TPSA) is 42.7 Å². The van der Waals surface area contributed by atoms with Gasteiger partial charge in [-0.2, -0.15) is 5.10 Å². The lowest BCUT2D eigenvalue weighted by molar-refractivity contribution is 0.416. The van der Waals surface area contributed by atoms with E-state index >= 15 is 0 Å². The van der Waals surface area contributed by atoms with Crippen LogP contribution in [0.5, 0.6) is 0 Å². The van der Waals surface area contributed by atoms with E-state index in [1.54, 1.807) is 0 Å². The van der Waals surface area contributed by atoms with Crippen molar-refractivity contribution in [3.8, 4) is 0 Å². The van der Waals surface area contributed by atoms with Gasteiger partial charge in [0.2, 0.25) is 0 Å². The van der Waals surface area contributed by atoms with E-state index in [9.17, 15) is 0 Å². The first kappa shape index (κ1) is 13.2. The second-order valence-electron chi connectivity index (χ2n) is 4.25. The summed E-state index contributed by atoms with van der Waals surface area (Å²) in [4.78, 5) is 4.51. The lowest BCUT2D eigenvalue weighted by atomic mass is 10.2. The second-order valence-corrected chi connectivity index (χ2v) is 4.25. The number of nitrogens with one attached hydrogen (secondary N) is 1. The van der Waals surface area contributed by atoms with Gasteiger partial charge in [0.1, 0.15) is 5.82 Å². The van der Waals surface area contributed by atoms with Crippen molar-refractivity contribution in [1.82, 2.24) is 20.1 Å².